The number of carbonyl (C=O) groups is 2. The molecular formula is C20H19ClN2O4. The number of fused-ring (bicyclic) bond motifs is 2. The minimum Gasteiger partial charge on any atom is -0.489 e. The molecule has 0 fully saturated rings. The maximum atomic E-state index is 12.7. The average molecular weight is 387 g/mol. The second-order valence-corrected chi connectivity index (χ2v) is 6.96. The van der Waals surface area contributed by atoms with Gasteiger partial charge in [-0.15, -0.1) is 0 Å². The van der Waals surface area contributed by atoms with E-state index < -0.39 is 0 Å². The second kappa shape index (κ2) is 7.12. The van der Waals surface area contributed by atoms with Crippen LogP contribution in [-0.2, 0) is 11.2 Å². The first-order valence-corrected chi connectivity index (χ1v) is 9.22. The summed E-state index contributed by atoms with van der Waals surface area (Å²) in [7, 11) is 0. The lowest BCUT2D eigenvalue weighted by Crippen LogP contribution is -2.25. The summed E-state index contributed by atoms with van der Waals surface area (Å²) in [6.07, 6.45) is 1.54. The Bertz CT molecular complexity index is 928. The minimum atomic E-state index is -0.283. The lowest BCUT2D eigenvalue weighted by Gasteiger charge is -2.15. The van der Waals surface area contributed by atoms with Gasteiger partial charge in [0.2, 0.25) is 5.91 Å². The number of hydrogen-bond donors (Lipinski definition) is 1. The molecule has 1 N–H and O–H groups in total. The number of benzene rings is 2. The molecule has 2 heterocycles. The third-order valence-corrected chi connectivity index (χ3v) is 4.96. The van der Waals surface area contributed by atoms with Gasteiger partial charge in [-0.2, -0.15) is 0 Å². The number of halogens is 1. The maximum absolute atomic E-state index is 12.7. The summed E-state index contributed by atoms with van der Waals surface area (Å²) in [5.41, 5.74) is 3.02. The second-order valence-electron chi connectivity index (χ2n) is 6.55. The average Bonchev–Trinajstić information content (AvgIpc) is 2.91. The third-order valence-electron chi connectivity index (χ3n) is 4.68. The van der Waals surface area contributed by atoms with E-state index in [1.54, 1.807) is 30.0 Å². The van der Waals surface area contributed by atoms with E-state index in [9.17, 15) is 9.59 Å². The molecule has 7 heteroatoms. The van der Waals surface area contributed by atoms with Crippen molar-refractivity contribution in [3.8, 4) is 11.5 Å². The van der Waals surface area contributed by atoms with Gasteiger partial charge in [0.1, 0.15) is 0 Å². The third kappa shape index (κ3) is 3.45. The monoisotopic (exact) mass is 386 g/mol. The van der Waals surface area contributed by atoms with E-state index in [-0.39, 0.29) is 11.8 Å². The lowest BCUT2D eigenvalue weighted by atomic mass is 10.1. The largest absolute Gasteiger partial charge is 0.489 e. The van der Waals surface area contributed by atoms with Gasteiger partial charge in [-0.25, -0.2) is 0 Å². The molecule has 2 aliphatic rings. The molecule has 2 aromatic rings. The molecule has 0 aliphatic carbocycles. The van der Waals surface area contributed by atoms with Gasteiger partial charge < -0.3 is 19.7 Å². The summed E-state index contributed by atoms with van der Waals surface area (Å²) in [4.78, 5) is 26.1. The van der Waals surface area contributed by atoms with Gasteiger partial charge in [0.15, 0.2) is 11.5 Å². The van der Waals surface area contributed by atoms with Gasteiger partial charge in [-0.05, 0) is 42.3 Å². The van der Waals surface area contributed by atoms with Crippen molar-refractivity contribution in [3.05, 3.63) is 46.5 Å². The highest BCUT2D eigenvalue weighted by Crippen LogP contribution is 2.38. The first-order valence-electron chi connectivity index (χ1n) is 8.84. The summed E-state index contributed by atoms with van der Waals surface area (Å²) in [6, 6.07) is 8.78. The Morgan fingerprint density at radius 2 is 1.96 bits per heavy atom. The summed E-state index contributed by atoms with van der Waals surface area (Å²) in [5.74, 6) is 0.699. The molecule has 27 heavy (non-hydrogen) atoms. The van der Waals surface area contributed by atoms with Gasteiger partial charge in [-0.3, -0.25) is 9.59 Å². The molecule has 0 aromatic heterocycles. The fraction of sp³-hybridized carbons (Fsp3) is 0.300. The SMILES string of the molecule is CC(=O)N1CCc2cc(NC(=O)c3cc(Cl)c4c(c3)OCCCO4)ccc21. The van der Waals surface area contributed by atoms with Crippen molar-refractivity contribution in [1.82, 2.24) is 0 Å². The van der Waals surface area contributed by atoms with Gasteiger partial charge in [0, 0.05) is 36.8 Å². The molecule has 0 unspecified atom stereocenters. The van der Waals surface area contributed by atoms with E-state index in [0.717, 1.165) is 24.1 Å². The normalized spacial score (nSPS) is 15.1. The van der Waals surface area contributed by atoms with Crippen LogP contribution in [0.3, 0.4) is 0 Å². The van der Waals surface area contributed by atoms with Crippen LogP contribution >= 0.6 is 11.6 Å². The molecule has 2 aromatic carbocycles. The van der Waals surface area contributed by atoms with Gasteiger partial charge >= 0.3 is 0 Å². The minimum absolute atomic E-state index is 0.0207. The van der Waals surface area contributed by atoms with Crippen molar-refractivity contribution in [2.45, 2.75) is 19.8 Å². The van der Waals surface area contributed by atoms with Crippen molar-refractivity contribution in [1.29, 1.82) is 0 Å². The van der Waals surface area contributed by atoms with Crippen molar-refractivity contribution in [2.24, 2.45) is 0 Å². The Balaban J connectivity index is 1.56. The van der Waals surface area contributed by atoms with Gasteiger partial charge in [0.25, 0.3) is 5.91 Å². The molecule has 4 rings (SSSR count). The van der Waals surface area contributed by atoms with Crippen LogP contribution in [-0.4, -0.2) is 31.6 Å². The van der Waals surface area contributed by atoms with Crippen LogP contribution in [0.15, 0.2) is 30.3 Å². The Morgan fingerprint density at radius 3 is 2.78 bits per heavy atom. The van der Waals surface area contributed by atoms with Crippen LogP contribution < -0.4 is 19.7 Å². The Morgan fingerprint density at radius 1 is 1.15 bits per heavy atom. The molecule has 2 aliphatic heterocycles. The zero-order chi connectivity index (χ0) is 19.0. The Kier molecular flexibility index (Phi) is 4.66. The zero-order valence-corrected chi connectivity index (χ0v) is 15.6. The molecule has 0 bridgehead atoms. The van der Waals surface area contributed by atoms with Crippen LogP contribution in [0.1, 0.15) is 29.3 Å². The number of nitrogens with zero attached hydrogens (tertiary/aromatic N) is 1. The van der Waals surface area contributed by atoms with Gasteiger partial charge in [0.05, 0.1) is 18.2 Å². The highest BCUT2D eigenvalue weighted by atomic mass is 35.5. The standard InChI is InChI=1S/C20H19ClN2O4/c1-12(24)23-6-5-13-9-15(3-4-17(13)23)22-20(25)14-10-16(21)19-18(11-14)26-7-2-8-27-19/h3-4,9-11H,2,5-8H2,1H3,(H,22,25). The number of hydrogen-bond acceptors (Lipinski definition) is 4. The van der Waals surface area contributed by atoms with E-state index in [2.05, 4.69) is 5.32 Å². The molecule has 0 atom stereocenters. The fourth-order valence-electron chi connectivity index (χ4n) is 3.37. The van der Waals surface area contributed by atoms with Crippen molar-refractivity contribution < 1.29 is 19.1 Å². The zero-order valence-electron chi connectivity index (χ0n) is 14.9. The molecule has 0 spiro atoms. The van der Waals surface area contributed by atoms with Crippen LogP contribution in [0.2, 0.25) is 5.02 Å². The lowest BCUT2D eigenvalue weighted by molar-refractivity contribution is -0.116. The first kappa shape index (κ1) is 17.7. The van der Waals surface area contributed by atoms with E-state index in [1.807, 2.05) is 12.1 Å². The fourth-order valence-corrected chi connectivity index (χ4v) is 3.64. The van der Waals surface area contributed by atoms with E-state index in [0.29, 0.717) is 47.5 Å². The highest BCUT2D eigenvalue weighted by Gasteiger charge is 2.23. The van der Waals surface area contributed by atoms with Crippen molar-refractivity contribution >= 4 is 34.8 Å². The number of ether oxygens (including phenoxy) is 2. The molecule has 6 nitrogen and oxygen atoms in total. The number of carbonyl (C=O) groups excluding carboxylic acids is 2. The molecule has 140 valence electrons. The predicted molar refractivity (Wildman–Crippen MR) is 103 cm³/mol. The Hall–Kier alpha value is -2.73. The predicted octanol–water partition coefficient (Wildman–Crippen LogP) is 3.66. The summed E-state index contributed by atoms with van der Waals surface area (Å²) >= 11 is 6.27. The molecular weight excluding hydrogens is 368 g/mol. The van der Waals surface area contributed by atoms with E-state index in [4.69, 9.17) is 21.1 Å². The van der Waals surface area contributed by atoms with Crippen LogP contribution in [0.25, 0.3) is 0 Å². The summed E-state index contributed by atoms with van der Waals surface area (Å²) in [5, 5.41) is 3.24. The van der Waals surface area contributed by atoms with Crippen molar-refractivity contribution in [3.63, 3.8) is 0 Å². The molecule has 0 radical (unpaired) electrons. The number of amides is 2. The van der Waals surface area contributed by atoms with E-state index in [1.165, 1.54) is 0 Å². The number of rotatable bonds is 2. The number of anilines is 2. The molecule has 0 saturated carbocycles. The quantitative estimate of drug-likeness (QED) is 0.855. The smallest absolute Gasteiger partial charge is 0.255 e. The van der Waals surface area contributed by atoms with Crippen LogP contribution in [0.5, 0.6) is 11.5 Å². The Labute approximate surface area is 162 Å². The van der Waals surface area contributed by atoms with Gasteiger partial charge in [-0.1, -0.05) is 11.6 Å². The van der Waals surface area contributed by atoms with Crippen LogP contribution in [0.4, 0.5) is 11.4 Å². The first-order chi connectivity index (χ1) is 13.0. The topological polar surface area (TPSA) is 67.9 Å². The number of nitrogens with one attached hydrogen (secondary N) is 1. The van der Waals surface area contributed by atoms with Crippen LogP contribution in [0, 0.1) is 0 Å². The molecule has 2 amide bonds. The highest BCUT2D eigenvalue weighted by molar-refractivity contribution is 6.32. The summed E-state index contributed by atoms with van der Waals surface area (Å²) < 4.78 is 11.2. The van der Waals surface area contributed by atoms with Crippen molar-refractivity contribution in [2.75, 3.05) is 30.0 Å². The summed E-state index contributed by atoms with van der Waals surface area (Å²) in [6.45, 7) is 3.27. The van der Waals surface area contributed by atoms with E-state index >= 15 is 0 Å². The molecule has 0 saturated heterocycles. The maximum Gasteiger partial charge on any atom is 0.255 e.